The molecule has 0 saturated heterocycles. The Balaban J connectivity index is 1.18. The molecule has 5 aromatic carbocycles. The molecule has 2 aliphatic rings. The van der Waals surface area contributed by atoms with Crippen molar-refractivity contribution in [3.8, 4) is 28.4 Å². The van der Waals surface area contributed by atoms with Crippen LogP contribution >= 0.6 is 0 Å². The van der Waals surface area contributed by atoms with Crippen LogP contribution in [0.3, 0.4) is 0 Å². The minimum Gasteiger partial charge on any atom is -0.463 e. The minimum atomic E-state index is -2.25. The summed E-state index contributed by atoms with van der Waals surface area (Å²) < 4.78 is 40.9. The van der Waals surface area contributed by atoms with Gasteiger partial charge in [-0.3, -0.25) is 4.57 Å². The van der Waals surface area contributed by atoms with Gasteiger partial charge in [0, 0.05) is 38.3 Å². The Bertz CT molecular complexity index is 3110. The summed E-state index contributed by atoms with van der Waals surface area (Å²) in [5, 5.41) is 1.75. The second-order valence-electron chi connectivity index (χ2n) is 22.1. The summed E-state index contributed by atoms with van der Waals surface area (Å²) in [5.41, 5.74) is 10.5. The standard InChI is InChI=1S/C57H63N3O2/c1-34-16-23-48-45(26-34)42-20-19-40(33-49(42)60(48)50-32-38(24-25-58-50)54(8,9)10)61-41-28-35(27-39(29-41)55(11,12)13)51-59-56(14)46-21-17-36(52(2,3)4)30-43(46)44-31-37(53(5,6)7)18-22-47(44)57(56,15)62-51/h16-33H,1-15H3/t56-,57+/m1/s1/i1D3. The van der Waals surface area contributed by atoms with Gasteiger partial charge in [-0.15, -0.1) is 0 Å². The van der Waals surface area contributed by atoms with E-state index in [0.29, 0.717) is 23.0 Å². The van der Waals surface area contributed by atoms with E-state index in [-0.39, 0.29) is 21.7 Å². The summed E-state index contributed by atoms with van der Waals surface area (Å²) in [5.74, 6) is 2.62. The first-order chi connectivity index (χ1) is 30.1. The van der Waals surface area contributed by atoms with E-state index in [4.69, 9.17) is 23.6 Å². The Labute approximate surface area is 373 Å². The lowest BCUT2D eigenvalue weighted by Crippen LogP contribution is -2.45. The molecule has 3 heterocycles. The SMILES string of the molecule is [2H]C([2H])([2H])c1ccc2c(c1)c1ccc(Oc3cc(C4=N[C@]5(C)c6ccc(C(C)(C)C)cc6-c6cc(C(C)(C)C)ccc6[C@]5(C)O4)cc(C(C)(C)C)c3)cc1n2-c1cc(C(C)(C)C)ccn1. The zero-order chi connectivity index (χ0) is 47.0. The zero-order valence-electron chi connectivity index (χ0n) is 42.1. The van der Waals surface area contributed by atoms with Crippen LogP contribution in [0.5, 0.6) is 11.5 Å². The lowest BCUT2D eigenvalue weighted by molar-refractivity contribution is 0.0269. The first-order valence-electron chi connectivity index (χ1n) is 23.5. The second-order valence-corrected chi connectivity index (χ2v) is 22.1. The van der Waals surface area contributed by atoms with E-state index in [1.54, 1.807) is 12.1 Å². The van der Waals surface area contributed by atoms with Crippen LogP contribution in [0.25, 0.3) is 38.8 Å². The number of nitrogens with zero attached hydrogens (tertiary/aromatic N) is 3. The van der Waals surface area contributed by atoms with Crippen molar-refractivity contribution in [2.75, 3.05) is 0 Å². The third-order valence-corrected chi connectivity index (χ3v) is 13.5. The van der Waals surface area contributed by atoms with Gasteiger partial charge < -0.3 is 9.47 Å². The van der Waals surface area contributed by atoms with Gasteiger partial charge >= 0.3 is 0 Å². The van der Waals surface area contributed by atoms with Crippen molar-refractivity contribution in [2.45, 2.75) is 137 Å². The number of ether oxygens (including phenoxy) is 2. The summed E-state index contributed by atoms with van der Waals surface area (Å²) in [6, 6.07) is 35.8. The predicted octanol–water partition coefficient (Wildman–Crippen LogP) is 15.1. The molecule has 318 valence electrons. The van der Waals surface area contributed by atoms with Crippen LogP contribution in [0.4, 0.5) is 0 Å². The maximum absolute atomic E-state index is 8.19. The van der Waals surface area contributed by atoms with Crippen LogP contribution in [0.2, 0.25) is 0 Å². The number of aromatic nitrogens is 2. The Hall–Kier alpha value is -5.68. The molecule has 0 saturated carbocycles. The number of benzene rings is 5. The summed E-state index contributed by atoms with van der Waals surface area (Å²) in [6.07, 6.45) is 1.85. The van der Waals surface area contributed by atoms with Crippen molar-refractivity contribution in [1.29, 1.82) is 0 Å². The molecule has 1 aliphatic heterocycles. The number of hydrogen-bond donors (Lipinski definition) is 0. The largest absolute Gasteiger partial charge is 0.463 e. The summed E-state index contributed by atoms with van der Waals surface area (Å²) in [4.78, 5) is 10.5. The summed E-state index contributed by atoms with van der Waals surface area (Å²) >= 11 is 0. The number of pyridine rings is 1. The van der Waals surface area contributed by atoms with Gasteiger partial charge in [-0.1, -0.05) is 131 Å². The Morgan fingerprint density at radius 3 is 1.84 bits per heavy atom. The Kier molecular flexibility index (Phi) is 8.38. The molecule has 62 heavy (non-hydrogen) atoms. The molecule has 0 radical (unpaired) electrons. The number of rotatable bonds is 4. The first-order valence-corrected chi connectivity index (χ1v) is 22.0. The van der Waals surface area contributed by atoms with Gasteiger partial charge in [-0.2, -0.15) is 0 Å². The minimum absolute atomic E-state index is 0.0264. The third-order valence-electron chi connectivity index (χ3n) is 13.5. The molecule has 2 aromatic heterocycles. The molecule has 1 aliphatic carbocycles. The fraction of sp³-hybridized carbons (Fsp3) is 0.368. The molecular formula is C57H63N3O2. The number of aliphatic imine (C=N–C) groups is 1. The molecule has 9 rings (SSSR count). The van der Waals surface area contributed by atoms with E-state index in [9.17, 15) is 0 Å². The van der Waals surface area contributed by atoms with E-state index >= 15 is 0 Å². The average molecular weight is 825 g/mol. The van der Waals surface area contributed by atoms with E-state index in [1.807, 2.05) is 36.5 Å². The quantitative estimate of drug-likeness (QED) is 0.178. The lowest BCUT2D eigenvalue weighted by atomic mass is 9.64. The van der Waals surface area contributed by atoms with E-state index in [0.717, 1.165) is 55.4 Å². The molecule has 0 spiro atoms. The highest BCUT2D eigenvalue weighted by Gasteiger charge is 2.59. The molecular weight excluding hydrogens is 759 g/mol. The van der Waals surface area contributed by atoms with Gasteiger partial charge in [-0.05, 0) is 136 Å². The molecule has 0 unspecified atom stereocenters. The van der Waals surface area contributed by atoms with E-state index in [1.165, 1.54) is 22.3 Å². The molecule has 5 heteroatoms. The molecule has 5 nitrogen and oxygen atoms in total. The monoisotopic (exact) mass is 825 g/mol. The van der Waals surface area contributed by atoms with Crippen molar-refractivity contribution in [3.63, 3.8) is 0 Å². The maximum atomic E-state index is 8.19. The van der Waals surface area contributed by atoms with E-state index < -0.39 is 18.0 Å². The van der Waals surface area contributed by atoms with Crippen molar-refractivity contribution in [1.82, 2.24) is 9.55 Å². The zero-order valence-corrected chi connectivity index (χ0v) is 39.1. The van der Waals surface area contributed by atoms with E-state index in [2.05, 4.69) is 162 Å². The highest BCUT2D eigenvalue weighted by atomic mass is 16.5. The first kappa shape index (κ1) is 38.0. The van der Waals surface area contributed by atoms with Crippen LogP contribution in [0.1, 0.15) is 146 Å². The lowest BCUT2D eigenvalue weighted by Gasteiger charge is -2.45. The van der Waals surface area contributed by atoms with Gasteiger partial charge in [0.15, 0.2) is 5.60 Å². The molecule has 0 fully saturated rings. The van der Waals surface area contributed by atoms with Crippen LogP contribution in [0, 0.1) is 6.85 Å². The smallest absolute Gasteiger partial charge is 0.218 e. The van der Waals surface area contributed by atoms with Crippen LogP contribution in [0.15, 0.2) is 114 Å². The Morgan fingerprint density at radius 1 is 0.565 bits per heavy atom. The average Bonchev–Trinajstić information content (AvgIpc) is 3.70. The van der Waals surface area contributed by atoms with Gasteiger partial charge in [-0.25, -0.2) is 9.98 Å². The highest BCUT2D eigenvalue weighted by molar-refractivity contribution is 6.09. The van der Waals surface area contributed by atoms with Gasteiger partial charge in [0.1, 0.15) is 22.9 Å². The molecule has 0 bridgehead atoms. The Morgan fingerprint density at radius 2 is 1.19 bits per heavy atom. The molecule has 0 N–H and O–H groups in total. The van der Waals surface area contributed by atoms with Crippen LogP contribution in [-0.4, -0.2) is 15.4 Å². The molecule has 7 aromatic rings. The highest BCUT2D eigenvalue weighted by Crippen LogP contribution is 2.59. The predicted molar refractivity (Wildman–Crippen MR) is 259 cm³/mol. The van der Waals surface area contributed by atoms with Crippen LogP contribution in [-0.2, 0) is 37.5 Å². The summed E-state index contributed by atoms with van der Waals surface area (Å²) in [7, 11) is 0. The number of fused-ring (bicyclic) bond motifs is 9. The number of aryl methyl sites for hydroxylation is 1. The fourth-order valence-corrected chi connectivity index (χ4v) is 9.36. The van der Waals surface area contributed by atoms with Crippen molar-refractivity contribution < 1.29 is 13.6 Å². The third kappa shape index (κ3) is 6.74. The van der Waals surface area contributed by atoms with Crippen LogP contribution < -0.4 is 4.74 Å². The van der Waals surface area contributed by atoms with Crippen molar-refractivity contribution in [2.24, 2.45) is 4.99 Å². The maximum Gasteiger partial charge on any atom is 0.218 e. The second kappa shape index (κ2) is 13.7. The normalized spacial score (nSPS) is 19.8. The van der Waals surface area contributed by atoms with Gasteiger partial charge in [0.2, 0.25) is 5.90 Å². The van der Waals surface area contributed by atoms with Crippen molar-refractivity contribution >= 4 is 27.7 Å². The number of hydrogen-bond acceptors (Lipinski definition) is 4. The summed E-state index contributed by atoms with van der Waals surface area (Å²) in [6.45, 7) is 29.0. The fourth-order valence-electron chi connectivity index (χ4n) is 9.36. The topological polar surface area (TPSA) is 48.6 Å². The van der Waals surface area contributed by atoms with Crippen molar-refractivity contribution in [3.05, 3.63) is 154 Å². The molecule has 0 amide bonds. The molecule has 2 atom stereocenters. The van der Waals surface area contributed by atoms with Gasteiger partial charge in [0.05, 0.1) is 11.0 Å². The van der Waals surface area contributed by atoms with Gasteiger partial charge in [0.25, 0.3) is 0 Å².